The summed E-state index contributed by atoms with van der Waals surface area (Å²) in [5.41, 5.74) is 1.31. The molecule has 1 aromatic carbocycles. The number of hydrogen-bond donors (Lipinski definition) is 2. The van der Waals surface area contributed by atoms with E-state index >= 15 is 0 Å². The second-order valence-corrected chi connectivity index (χ2v) is 8.11. The summed E-state index contributed by atoms with van der Waals surface area (Å²) in [7, 11) is 0. The van der Waals surface area contributed by atoms with E-state index < -0.39 is 0 Å². The van der Waals surface area contributed by atoms with Crippen LogP contribution in [-0.2, 0) is 4.74 Å². The van der Waals surface area contributed by atoms with Crippen molar-refractivity contribution in [2.45, 2.75) is 51.2 Å². The maximum absolute atomic E-state index is 6.04. The SMILES string of the molecule is CCN=C(Nc1ccc2c(c1)OCCCO2)NC1C2CCOC2C12CCC2. The lowest BCUT2D eigenvalue weighted by molar-refractivity contribution is -0.171. The maximum Gasteiger partial charge on any atom is 0.196 e. The van der Waals surface area contributed by atoms with E-state index in [9.17, 15) is 0 Å². The molecule has 2 N–H and O–H groups in total. The molecule has 2 saturated carbocycles. The van der Waals surface area contributed by atoms with Crippen molar-refractivity contribution in [3.8, 4) is 11.5 Å². The zero-order valence-electron chi connectivity index (χ0n) is 16.0. The van der Waals surface area contributed by atoms with Crippen LogP contribution in [0.25, 0.3) is 0 Å². The number of benzene rings is 1. The van der Waals surface area contributed by atoms with Crippen molar-refractivity contribution in [1.29, 1.82) is 0 Å². The molecule has 1 aromatic rings. The molecular weight excluding hydrogens is 342 g/mol. The quantitative estimate of drug-likeness (QED) is 0.631. The fourth-order valence-electron chi connectivity index (χ4n) is 5.26. The fourth-order valence-corrected chi connectivity index (χ4v) is 5.26. The molecule has 0 radical (unpaired) electrons. The number of fused-ring (bicyclic) bond motifs is 3. The van der Waals surface area contributed by atoms with E-state index in [1.54, 1.807) is 0 Å². The van der Waals surface area contributed by atoms with Gasteiger partial charge in [-0.2, -0.15) is 0 Å². The molecule has 0 amide bonds. The predicted molar refractivity (Wildman–Crippen MR) is 105 cm³/mol. The van der Waals surface area contributed by atoms with Gasteiger partial charge in [0.1, 0.15) is 0 Å². The zero-order valence-corrected chi connectivity index (χ0v) is 16.0. The standard InChI is InChI=1S/C21H29N3O3/c1-2-22-20(23-14-5-6-16-17(13-14)26-11-4-10-25-16)24-18-15-7-12-27-19(15)21(18)8-3-9-21/h5-6,13,15,18-19H,2-4,7-12H2,1H3,(H2,22,23,24). The third-order valence-electron chi connectivity index (χ3n) is 6.65. The van der Waals surface area contributed by atoms with Crippen LogP contribution in [0.5, 0.6) is 11.5 Å². The Morgan fingerprint density at radius 3 is 2.78 bits per heavy atom. The van der Waals surface area contributed by atoms with Crippen LogP contribution >= 0.6 is 0 Å². The number of ether oxygens (including phenoxy) is 3. The molecule has 2 aliphatic carbocycles. The Balaban J connectivity index is 1.32. The van der Waals surface area contributed by atoms with Gasteiger partial charge in [0.2, 0.25) is 0 Å². The third-order valence-corrected chi connectivity index (χ3v) is 6.65. The summed E-state index contributed by atoms with van der Waals surface area (Å²) < 4.78 is 17.6. The van der Waals surface area contributed by atoms with Crippen LogP contribution < -0.4 is 20.1 Å². The van der Waals surface area contributed by atoms with E-state index in [2.05, 4.69) is 17.6 Å². The van der Waals surface area contributed by atoms with E-state index in [4.69, 9.17) is 19.2 Å². The van der Waals surface area contributed by atoms with Crippen molar-refractivity contribution in [3.63, 3.8) is 0 Å². The van der Waals surface area contributed by atoms with Crippen LogP contribution in [0, 0.1) is 11.3 Å². The summed E-state index contributed by atoms with van der Waals surface area (Å²) in [5.74, 6) is 3.10. The zero-order chi connectivity index (χ0) is 18.3. The second kappa shape index (κ2) is 6.89. The lowest BCUT2D eigenvalue weighted by Gasteiger charge is -2.63. The molecule has 2 heterocycles. The maximum atomic E-state index is 6.04. The van der Waals surface area contributed by atoms with Crippen LogP contribution in [0.2, 0.25) is 0 Å². The van der Waals surface area contributed by atoms with E-state index in [0.29, 0.717) is 36.7 Å². The van der Waals surface area contributed by atoms with Crippen molar-refractivity contribution in [2.75, 3.05) is 31.7 Å². The molecular formula is C21H29N3O3. The van der Waals surface area contributed by atoms with Crippen LogP contribution in [0.3, 0.4) is 0 Å². The van der Waals surface area contributed by atoms with Gasteiger partial charge in [-0.25, -0.2) is 0 Å². The lowest BCUT2D eigenvalue weighted by Crippen LogP contribution is -2.72. The van der Waals surface area contributed by atoms with Gasteiger partial charge in [-0.05, 0) is 38.3 Å². The molecule has 4 aliphatic rings. The van der Waals surface area contributed by atoms with Crippen LogP contribution in [-0.4, -0.2) is 44.5 Å². The molecule has 0 aromatic heterocycles. The Morgan fingerprint density at radius 2 is 2.00 bits per heavy atom. The summed E-state index contributed by atoms with van der Waals surface area (Å²) in [6.07, 6.45) is 6.40. The molecule has 6 nitrogen and oxygen atoms in total. The minimum absolute atomic E-state index is 0.335. The summed E-state index contributed by atoms with van der Waals surface area (Å²) >= 11 is 0. The van der Waals surface area contributed by atoms with E-state index in [-0.39, 0.29) is 0 Å². The molecule has 6 heteroatoms. The van der Waals surface area contributed by atoms with Gasteiger partial charge in [-0.3, -0.25) is 4.99 Å². The number of nitrogens with one attached hydrogen (secondary N) is 2. The fraction of sp³-hybridized carbons (Fsp3) is 0.667. The average Bonchev–Trinajstić information content (AvgIpc) is 2.90. The first kappa shape index (κ1) is 17.2. The first-order chi connectivity index (χ1) is 13.3. The number of guanidine groups is 1. The van der Waals surface area contributed by atoms with Crippen molar-refractivity contribution in [2.24, 2.45) is 16.3 Å². The molecule has 3 fully saturated rings. The molecule has 3 unspecified atom stereocenters. The normalized spacial score (nSPS) is 30.7. The number of nitrogens with zero attached hydrogens (tertiary/aromatic N) is 1. The van der Waals surface area contributed by atoms with Crippen molar-refractivity contribution >= 4 is 11.6 Å². The largest absolute Gasteiger partial charge is 0.490 e. The lowest BCUT2D eigenvalue weighted by atomic mass is 9.46. The summed E-state index contributed by atoms with van der Waals surface area (Å²) in [6, 6.07) is 6.48. The first-order valence-corrected chi connectivity index (χ1v) is 10.4. The average molecular weight is 371 g/mol. The number of hydrogen-bond acceptors (Lipinski definition) is 4. The van der Waals surface area contributed by atoms with Gasteiger partial charge in [0.15, 0.2) is 17.5 Å². The Bertz CT molecular complexity index is 731. The highest BCUT2D eigenvalue weighted by molar-refractivity contribution is 5.94. The number of aliphatic imine (C=N–C) groups is 1. The Kier molecular flexibility index (Phi) is 4.38. The monoisotopic (exact) mass is 371 g/mol. The van der Waals surface area contributed by atoms with Gasteiger partial charge in [0, 0.05) is 48.7 Å². The van der Waals surface area contributed by atoms with Crippen molar-refractivity contribution in [3.05, 3.63) is 18.2 Å². The Hall–Kier alpha value is -1.95. The molecule has 5 rings (SSSR count). The third kappa shape index (κ3) is 2.85. The molecule has 3 atom stereocenters. The van der Waals surface area contributed by atoms with Gasteiger partial charge < -0.3 is 24.8 Å². The van der Waals surface area contributed by atoms with E-state index in [0.717, 1.165) is 49.1 Å². The van der Waals surface area contributed by atoms with Gasteiger partial charge in [-0.1, -0.05) is 6.42 Å². The van der Waals surface area contributed by atoms with Gasteiger partial charge in [-0.15, -0.1) is 0 Å². The van der Waals surface area contributed by atoms with Crippen LogP contribution in [0.1, 0.15) is 39.0 Å². The van der Waals surface area contributed by atoms with E-state index in [1.807, 2.05) is 18.2 Å². The van der Waals surface area contributed by atoms with E-state index in [1.165, 1.54) is 19.3 Å². The topological polar surface area (TPSA) is 64.1 Å². The minimum Gasteiger partial charge on any atom is -0.490 e. The molecule has 1 saturated heterocycles. The highest BCUT2D eigenvalue weighted by atomic mass is 16.5. The molecule has 1 spiro atoms. The van der Waals surface area contributed by atoms with Crippen molar-refractivity contribution in [1.82, 2.24) is 5.32 Å². The molecule has 0 bridgehead atoms. The van der Waals surface area contributed by atoms with Crippen LogP contribution in [0.4, 0.5) is 5.69 Å². The number of anilines is 1. The highest BCUT2D eigenvalue weighted by Gasteiger charge is 2.66. The van der Waals surface area contributed by atoms with Gasteiger partial charge in [0.05, 0.1) is 19.3 Å². The summed E-state index contributed by atoms with van der Waals surface area (Å²) in [4.78, 5) is 4.69. The molecule has 2 aliphatic heterocycles. The number of rotatable bonds is 3. The highest BCUT2D eigenvalue weighted by Crippen LogP contribution is 2.62. The van der Waals surface area contributed by atoms with Crippen molar-refractivity contribution < 1.29 is 14.2 Å². The van der Waals surface area contributed by atoms with Crippen LogP contribution in [0.15, 0.2) is 23.2 Å². The Labute approximate surface area is 160 Å². The summed E-state index contributed by atoms with van der Waals surface area (Å²) in [5, 5.41) is 7.22. The molecule has 27 heavy (non-hydrogen) atoms. The molecule has 146 valence electrons. The van der Waals surface area contributed by atoms with Gasteiger partial charge >= 0.3 is 0 Å². The smallest absolute Gasteiger partial charge is 0.196 e. The predicted octanol–water partition coefficient (Wildman–Crippen LogP) is 3.18. The first-order valence-electron chi connectivity index (χ1n) is 10.4. The Morgan fingerprint density at radius 1 is 1.15 bits per heavy atom. The second-order valence-electron chi connectivity index (χ2n) is 8.11. The van der Waals surface area contributed by atoms with Gasteiger partial charge in [0.25, 0.3) is 0 Å². The minimum atomic E-state index is 0.335. The summed E-state index contributed by atoms with van der Waals surface area (Å²) in [6.45, 7) is 5.12.